The highest BCUT2D eigenvalue weighted by atomic mass is 16.6. The zero-order valence-corrected chi connectivity index (χ0v) is 16.9. The van der Waals surface area contributed by atoms with Crippen molar-refractivity contribution in [2.24, 2.45) is 5.10 Å². The number of carbonyl (C=O) groups excluding carboxylic acids is 1. The van der Waals surface area contributed by atoms with Crippen LogP contribution in [0.2, 0.25) is 0 Å². The Bertz CT molecular complexity index is 1570. The molecule has 0 spiro atoms. The lowest BCUT2D eigenvalue weighted by Gasteiger charge is -2.04. The number of H-pyrrole nitrogens is 1. The number of nitro groups is 1. The zero-order chi connectivity index (χ0) is 22.9. The number of nitrogens with one attached hydrogen (secondary N) is 2. The number of hydrogen-bond acceptors (Lipinski definition) is 7. The molecule has 0 saturated carbocycles. The first-order valence-electron chi connectivity index (χ1n) is 9.78. The average Bonchev–Trinajstić information content (AvgIpc) is 3.26. The molecule has 0 unspecified atom stereocenters. The van der Waals surface area contributed by atoms with Crippen molar-refractivity contribution < 1.29 is 19.2 Å². The quantitative estimate of drug-likeness (QED) is 0.285. The van der Waals surface area contributed by atoms with Crippen LogP contribution in [0.3, 0.4) is 0 Å². The molecule has 3 aromatic carbocycles. The number of aromatic nitrogens is 2. The van der Waals surface area contributed by atoms with Gasteiger partial charge in [-0.15, -0.1) is 5.10 Å². The van der Waals surface area contributed by atoms with Crippen LogP contribution in [0.5, 0.6) is 5.75 Å². The molecular formula is C23H15N5O5. The summed E-state index contributed by atoms with van der Waals surface area (Å²) >= 11 is 0. The Morgan fingerprint density at radius 1 is 1.09 bits per heavy atom. The van der Waals surface area contributed by atoms with Crippen LogP contribution in [0.1, 0.15) is 10.4 Å². The van der Waals surface area contributed by atoms with Gasteiger partial charge in [-0.25, -0.2) is 10.4 Å². The van der Waals surface area contributed by atoms with Gasteiger partial charge in [0.15, 0.2) is 0 Å². The first kappa shape index (κ1) is 19.9. The molecule has 5 aromatic rings. The average molecular weight is 441 g/mol. The van der Waals surface area contributed by atoms with E-state index >= 15 is 0 Å². The molecule has 0 aliphatic heterocycles. The van der Waals surface area contributed by atoms with Crippen LogP contribution in [-0.4, -0.2) is 25.9 Å². The number of aromatic hydroxyl groups is 1. The maximum absolute atomic E-state index is 12.5. The van der Waals surface area contributed by atoms with Gasteiger partial charge in [-0.2, -0.15) is 0 Å². The number of aromatic amines is 1. The Morgan fingerprint density at radius 2 is 1.88 bits per heavy atom. The maximum atomic E-state index is 12.5. The van der Waals surface area contributed by atoms with Crippen molar-refractivity contribution in [3.63, 3.8) is 0 Å². The Labute approximate surface area is 185 Å². The molecule has 5 rings (SSSR count). The van der Waals surface area contributed by atoms with Gasteiger partial charge in [0.25, 0.3) is 11.6 Å². The highest BCUT2D eigenvalue weighted by Crippen LogP contribution is 2.24. The fourth-order valence-electron chi connectivity index (χ4n) is 3.34. The van der Waals surface area contributed by atoms with Crippen molar-refractivity contribution in [2.45, 2.75) is 0 Å². The van der Waals surface area contributed by atoms with E-state index in [1.165, 1.54) is 36.4 Å². The molecule has 10 nitrogen and oxygen atoms in total. The number of para-hydroxylation sites is 2. The molecule has 0 aliphatic carbocycles. The standard InChI is InChI=1S/C23H15N5O5/c29-16-10-7-14-11-17(21-24-18-3-1-2-4-19(18)25-21)23(33-20(14)12-16)27-26-22(30)13-5-8-15(9-6-13)28(31)32/h1-12,29H,(H,24,25)(H,26,30)/b27-23-. The van der Waals surface area contributed by atoms with Crippen molar-refractivity contribution in [1.82, 2.24) is 15.4 Å². The Morgan fingerprint density at radius 3 is 2.64 bits per heavy atom. The van der Waals surface area contributed by atoms with Crippen LogP contribution in [-0.2, 0) is 0 Å². The minimum atomic E-state index is -0.577. The van der Waals surface area contributed by atoms with Crippen molar-refractivity contribution in [1.29, 1.82) is 0 Å². The smallest absolute Gasteiger partial charge is 0.271 e. The third kappa shape index (κ3) is 3.88. The third-order valence-corrected chi connectivity index (χ3v) is 4.98. The summed E-state index contributed by atoms with van der Waals surface area (Å²) in [6, 6.07) is 19.1. The molecule has 2 aromatic heterocycles. The van der Waals surface area contributed by atoms with Crippen molar-refractivity contribution >= 4 is 33.6 Å². The highest BCUT2D eigenvalue weighted by Gasteiger charge is 2.13. The number of non-ortho nitro benzene ring substituents is 1. The van der Waals surface area contributed by atoms with Crippen LogP contribution < -0.4 is 11.0 Å². The molecule has 0 aliphatic rings. The van der Waals surface area contributed by atoms with E-state index in [1.54, 1.807) is 12.1 Å². The number of imidazole rings is 1. The summed E-state index contributed by atoms with van der Waals surface area (Å²) in [5.41, 5.74) is 4.95. The SMILES string of the molecule is O=C(N/N=c1\oc2cc(O)ccc2cc1-c1nc2ccccc2[nH]1)c1ccc([N+](=O)[O-])cc1. The van der Waals surface area contributed by atoms with E-state index in [1.807, 2.05) is 24.3 Å². The molecule has 0 bridgehead atoms. The number of phenols is 1. The summed E-state index contributed by atoms with van der Waals surface area (Å²) in [5, 5.41) is 25.4. The van der Waals surface area contributed by atoms with Crippen LogP contribution in [0.4, 0.5) is 5.69 Å². The Hall–Kier alpha value is -4.99. The summed E-state index contributed by atoms with van der Waals surface area (Å²) in [6.45, 7) is 0. The number of amides is 1. The molecule has 0 fully saturated rings. The molecule has 0 atom stereocenters. The van der Waals surface area contributed by atoms with Gasteiger partial charge in [0, 0.05) is 29.1 Å². The second-order valence-electron chi connectivity index (χ2n) is 7.15. The molecule has 0 radical (unpaired) electrons. The van der Waals surface area contributed by atoms with E-state index in [0.717, 1.165) is 11.0 Å². The van der Waals surface area contributed by atoms with Crippen molar-refractivity contribution in [3.8, 4) is 17.1 Å². The topological polar surface area (TPSA) is 147 Å². The second kappa shape index (κ2) is 7.93. The predicted octanol–water partition coefficient (Wildman–Crippen LogP) is 3.84. The summed E-state index contributed by atoms with van der Waals surface area (Å²) in [5.74, 6) is -0.0754. The van der Waals surface area contributed by atoms with Gasteiger partial charge < -0.3 is 14.5 Å². The molecule has 1 amide bonds. The summed E-state index contributed by atoms with van der Waals surface area (Å²) < 4.78 is 5.87. The minimum absolute atomic E-state index is 0.0172. The number of fused-ring (bicyclic) bond motifs is 2. The molecule has 2 heterocycles. The lowest BCUT2D eigenvalue weighted by Crippen LogP contribution is -2.22. The molecule has 33 heavy (non-hydrogen) atoms. The first-order chi connectivity index (χ1) is 16.0. The van der Waals surface area contributed by atoms with Crippen molar-refractivity contribution in [3.05, 3.63) is 94.0 Å². The van der Waals surface area contributed by atoms with Crippen LogP contribution >= 0.6 is 0 Å². The number of nitrogens with zero attached hydrogens (tertiary/aromatic N) is 3. The molecule has 0 saturated heterocycles. The van der Waals surface area contributed by atoms with E-state index in [4.69, 9.17) is 4.42 Å². The molecule has 3 N–H and O–H groups in total. The lowest BCUT2D eigenvalue weighted by molar-refractivity contribution is -0.384. The monoisotopic (exact) mass is 441 g/mol. The van der Waals surface area contributed by atoms with Crippen LogP contribution in [0.25, 0.3) is 33.4 Å². The normalized spacial score (nSPS) is 11.7. The fourth-order valence-corrected chi connectivity index (χ4v) is 3.34. The summed E-state index contributed by atoms with van der Waals surface area (Å²) in [7, 11) is 0. The molecule has 10 heteroatoms. The predicted molar refractivity (Wildman–Crippen MR) is 119 cm³/mol. The maximum Gasteiger partial charge on any atom is 0.271 e. The lowest BCUT2D eigenvalue weighted by atomic mass is 10.1. The first-order valence-corrected chi connectivity index (χ1v) is 9.78. The van der Waals surface area contributed by atoms with Gasteiger partial charge in [0.1, 0.15) is 17.2 Å². The van der Waals surface area contributed by atoms with E-state index in [-0.39, 0.29) is 22.6 Å². The zero-order valence-electron chi connectivity index (χ0n) is 16.9. The van der Waals surface area contributed by atoms with E-state index in [2.05, 4.69) is 20.5 Å². The van der Waals surface area contributed by atoms with Gasteiger partial charge in [-0.05, 0) is 42.5 Å². The van der Waals surface area contributed by atoms with Gasteiger partial charge in [-0.3, -0.25) is 14.9 Å². The number of rotatable bonds is 4. The van der Waals surface area contributed by atoms with E-state index in [9.17, 15) is 20.0 Å². The van der Waals surface area contributed by atoms with Crippen LogP contribution in [0, 0.1) is 10.1 Å². The Kier molecular flexibility index (Phi) is 4.79. The third-order valence-electron chi connectivity index (χ3n) is 4.98. The largest absolute Gasteiger partial charge is 0.508 e. The number of phenolic OH excluding ortho intramolecular Hbond substituents is 1. The second-order valence-corrected chi connectivity index (χ2v) is 7.15. The van der Waals surface area contributed by atoms with Gasteiger partial charge in [0.2, 0.25) is 5.55 Å². The van der Waals surface area contributed by atoms with Gasteiger partial charge in [0.05, 0.1) is 21.5 Å². The summed E-state index contributed by atoms with van der Waals surface area (Å²) in [6.07, 6.45) is 0. The van der Waals surface area contributed by atoms with E-state index in [0.29, 0.717) is 22.4 Å². The number of nitro benzene ring substituents is 1. The minimum Gasteiger partial charge on any atom is -0.508 e. The van der Waals surface area contributed by atoms with Crippen LogP contribution in [0.15, 0.2) is 82.3 Å². The number of benzene rings is 3. The number of carbonyl (C=O) groups is 1. The number of hydrogen-bond donors (Lipinski definition) is 3. The van der Waals surface area contributed by atoms with Gasteiger partial charge >= 0.3 is 0 Å². The Balaban J connectivity index is 1.59. The van der Waals surface area contributed by atoms with Crippen molar-refractivity contribution in [2.75, 3.05) is 0 Å². The summed E-state index contributed by atoms with van der Waals surface area (Å²) in [4.78, 5) is 30.6. The van der Waals surface area contributed by atoms with E-state index < -0.39 is 10.8 Å². The fraction of sp³-hybridized carbons (Fsp3) is 0. The highest BCUT2D eigenvalue weighted by molar-refractivity contribution is 5.94. The van der Waals surface area contributed by atoms with Gasteiger partial charge in [-0.1, -0.05) is 12.1 Å². The molecular weight excluding hydrogens is 426 g/mol. The molecule has 162 valence electrons.